The predicted molar refractivity (Wildman–Crippen MR) is 78.2 cm³/mol. The van der Waals surface area contributed by atoms with Crippen molar-refractivity contribution < 1.29 is 9.53 Å². The lowest BCUT2D eigenvalue weighted by Crippen LogP contribution is -2.62. The van der Waals surface area contributed by atoms with Gasteiger partial charge in [-0.25, -0.2) is 0 Å². The first-order chi connectivity index (χ1) is 8.80. The quantitative estimate of drug-likeness (QED) is 0.778. The van der Waals surface area contributed by atoms with Crippen LogP contribution in [0.5, 0.6) is 0 Å². The molecule has 0 saturated carbocycles. The molecule has 3 atom stereocenters. The van der Waals surface area contributed by atoms with Crippen molar-refractivity contribution in [3.8, 4) is 0 Å². The minimum Gasteiger partial charge on any atom is -0.468 e. The number of hydrogen-bond acceptors (Lipinski definition) is 4. The Bertz CT molecular complexity index is 297. The zero-order chi connectivity index (χ0) is 14.6. The van der Waals surface area contributed by atoms with Gasteiger partial charge in [0.2, 0.25) is 0 Å². The number of likely N-dealkylation sites (tertiary alicyclic amines) is 1. The topological polar surface area (TPSA) is 41.6 Å². The van der Waals surface area contributed by atoms with Crippen LogP contribution in [0.4, 0.5) is 0 Å². The average molecular weight is 270 g/mol. The van der Waals surface area contributed by atoms with Gasteiger partial charge < -0.3 is 4.74 Å². The van der Waals surface area contributed by atoms with Gasteiger partial charge in [0, 0.05) is 24.7 Å². The molecule has 0 radical (unpaired) electrons. The summed E-state index contributed by atoms with van der Waals surface area (Å²) in [6, 6.07) is 1.31. The van der Waals surface area contributed by atoms with Crippen LogP contribution in [0.2, 0.25) is 0 Å². The molecule has 0 aromatic rings. The van der Waals surface area contributed by atoms with Crippen LogP contribution < -0.4 is 5.32 Å². The number of ether oxygens (including phenoxy) is 1. The van der Waals surface area contributed by atoms with Crippen LogP contribution >= 0.6 is 0 Å². The van der Waals surface area contributed by atoms with Gasteiger partial charge in [-0.1, -0.05) is 6.42 Å². The van der Waals surface area contributed by atoms with E-state index in [1.165, 1.54) is 26.4 Å². The van der Waals surface area contributed by atoms with Crippen LogP contribution in [0.3, 0.4) is 0 Å². The smallest absolute Gasteiger partial charge is 0.327 e. The fraction of sp³-hybridized carbons (Fsp3) is 0.933. The zero-order valence-electron chi connectivity index (χ0n) is 13.3. The van der Waals surface area contributed by atoms with Crippen molar-refractivity contribution in [3.63, 3.8) is 0 Å². The van der Waals surface area contributed by atoms with Crippen LogP contribution in [0.1, 0.15) is 53.9 Å². The second-order valence-corrected chi connectivity index (χ2v) is 6.42. The summed E-state index contributed by atoms with van der Waals surface area (Å²) in [5.41, 5.74) is -0.636. The lowest BCUT2D eigenvalue weighted by Gasteiger charge is -2.44. The SMILES string of the molecule is COC(=O)C(C)(CN1C(C)CCCC1C)NC(C)C. The van der Waals surface area contributed by atoms with Crippen LogP contribution in [-0.2, 0) is 9.53 Å². The van der Waals surface area contributed by atoms with Crippen LogP contribution in [0.15, 0.2) is 0 Å². The highest BCUT2D eigenvalue weighted by Gasteiger charge is 2.39. The Morgan fingerprint density at radius 1 is 1.37 bits per heavy atom. The third-order valence-corrected chi connectivity index (χ3v) is 4.12. The van der Waals surface area contributed by atoms with Crippen molar-refractivity contribution in [3.05, 3.63) is 0 Å². The number of esters is 1. The summed E-state index contributed by atoms with van der Waals surface area (Å²) in [7, 11) is 1.46. The zero-order valence-corrected chi connectivity index (χ0v) is 13.3. The van der Waals surface area contributed by atoms with Gasteiger partial charge in [0.1, 0.15) is 5.54 Å². The molecule has 4 heteroatoms. The second kappa shape index (κ2) is 6.71. The van der Waals surface area contributed by atoms with E-state index >= 15 is 0 Å². The van der Waals surface area contributed by atoms with E-state index in [2.05, 4.69) is 37.9 Å². The van der Waals surface area contributed by atoms with Crippen molar-refractivity contribution in [1.29, 1.82) is 0 Å². The number of nitrogens with one attached hydrogen (secondary N) is 1. The number of piperidine rings is 1. The molecule has 1 fully saturated rings. The van der Waals surface area contributed by atoms with Crippen LogP contribution in [0.25, 0.3) is 0 Å². The normalized spacial score (nSPS) is 28.2. The number of methoxy groups -OCH3 is 1. The first kappa shape index (κ1) is 16.4. The van der Waals surface area contributed by atoms with E-state index in [4.69, 9.17) is 4.74 Å². The Balaban J connectivity index is 2.84. The first-order valence-electron chi connectivity index (χ1n) is 7.42. The van der Waals surface area contributed by atoms with Gasteiger partial charge in [-0.05, 0) is 47.5 Å². The highest BCUT2D eigenvalue weighted by atomic mass is 16.5. The molecule has 0 aromatic heterocycles. The van der Waals surface area contributed by atoms with Gasteiger partial charge in [0.25, 0.3) is 0 Å². The van der Waals surface area contributed by atoms with Crippen molar-refractivity contribution in [2.24, 2.45) is 0 Å². The first-order valence-corrected chi connectivity index (χ1v) is 7.42. The second-order valence-electron chi connectivity index (χ2n) is 6.42. The van der Waals surface area contributed by atoms with Gasteiger partial charge in [-0.2, -0.15) is 0 Å². The molecular formula is C15H30N2O2. The van der Waals surface area contributed by atoms with E-state index in [0.717, 1.165) is 0 Å². The molecular weight excluding hydrogens is 240 g/mol. The molecule has 1 rings (SSSR count). The molecule has 1 aliphatic heterocycles. The van der Waals surface area contributed by atoms with E-state index < -0.39 is 5.54 Å². The summed E-state index contributed by atoms with van der Waals surface area (Å²) in [5.74, 6) is -0.175. The molecule has 3 unspecified atom stereocenters. The van der Waals surface area contributed by atoms with E-state index in [1.807, 2.05) is 6.92 Å². The highest BCUT2D eigenvalue weighted by Crippen LogP contribution is 2.25. The summed E-state index contributed by atoms with van der Waals surface area (Å²) >= 11 is 0. The molecule has 4 nitrogen and oxygen atoms in total. The molecule has 0 spiro atoms. The van der Waals surface area contributed by atoms with Gasteiger partial charge in [0.05, 0.1) is 7.11 Å². The molecule has 19 heavy (non-hydrogen) atoms. The van der Waals surface area contributed by atoms with E-state index in [-0.39, 0.29) is 12.0 Å². The van der Waals surface area contributed by atoms with Crippen molar-refractivity contribution in [1.82, 2.24) is 10.2 Å². The lowest BCUT2D eigenvalue weighted by molar-refractivity contribution is -0.150. The Kier molecular flexibility index (Phi) is 5.81. The number of hydrogen-bond donors (Lipinski definition) is 1. The fourth-order valence-corrected chi connectivity index (χ4v) is 3.18. The van der Waals surface area contributed by atoms with Gasteiger partial charge in [0.15, 0.2) is 0 Å². The summed E-state index contributed by atoms with van der Waals surface area (Å²) < 4.78 is 5.00. The van der Waals surface area contributed by atoms with E-state index in [0.29, 0.717) is 18.6 Å². The molecule has 0 aliphatic carbocycles. The van der Waals surface area contributed by atoms with Crippen LogP contribution in [0, 0.1) is 0 Å². The maximum Gasteiger partial charge on any atom is 0.327 e. The van der Waals surface area contributed by atoms with Gasteiger partial charge in [-0.3, -0.25) is 15.0 Å². The summed E-state index contributed by atoms with van der Waals surface area (Å²) in [5, 5.41) is 3.38. The highest BCUT2D eigenvalue weighted by molar-refractivity contribution is 5.80. The average Bonchev–Trinajstić information content (AvgIpc) is 2.32. The third kappa shape index (κ3) is 4.18. The standard InChI is InChI=1S/C15H30N2O2/c1-11(2)16-15(5,14(18)19-6)10-17-12(3)8-7-9-13(17)4/h11-13,16H,7-10H2,1-6H3. The summed E-state index contributed by atoms with van der Waals surface area (Å²) in [4.78, 5) is 14.6. The molecule has 1 aliphatic rings. The fourth-order valence-electron chi connectivity index (χ4n) is 3.18. The maximum absolute atomic E-state index is 12.1. The van der Waals surface area contributed by atoms with Crippen LogP contribution in [-0.4, -0.2) is 48.2 Å². The Hall–Kier alpha value is -0.610. The predicted octanol–water partition coefficient (Wildman–Crippen LogP) is 2.18. The Morgan fingerprint density at radius 3 is 2.32 bits per heavy atom. The maximum atomic E-state index is 12.1. The summed E-state index contributed by atoms with van der Waals surface area (Å²) in [6.07, 6.45) is 3.71. The van der Waals surface area contributed by atoms with E-state index in [1.54, 1.807) is 0 Å². The van der Waals surface area contributed by atoms with Crippen molar-refractivity contribution in [2.75, 3.05) is 13.7 Å². The lowest BCUT2D eigenvalue weighted by atomic mass is 9.92. The number of carbonyl (C=O) groups excluding carboxylic acids is 1. The third-order valence-electron chi connectivity index (χ3n) is 4.12. The molecule has 1 N–H and O–H groups in total. The van der Waals surface area contributed by atoms with Gasteiger partial charge >= 0.3 is 5.97 Å². The largest absolute Gasteiger partial charge is 0.468 e. The number of carbonyl (C=O) groups is 1. The number of rotatable bonds is 5. The molecule has 1 saturated heterocycles. The monoisotopic (exact) mass is 270 g/mol. The van der Waals surface area contributed by atoms with Crippen molar-refractivity contribution >= 4 is 5.97 Å². The minimum atomic E-state index is -0.636. The molecule has 0 aromatic carbocycles. The Morgan fingerprint density at radius 2 is 1.89 bits per heavy atom. The number of nitrogens with zero attached hydrogens (tertiary/aromatic N) is 1. The summed E-state index contributed by atoms with van der Waals surface area (Å²) in [6.45, 7) is 11.3. The van der Waals surface area contributed by atoms with E-state index in [9.17, 15) is 4.79 Å². The molecule has 112 valence electrons. The molecule has 0 amide bonds. The molecule has 0 bridgehead atoms. The molecule has 1 heterocycles. The van der Waals surface area contributed by atoms with Crippen molar-refractivity contribution in [2.45, 2.75) is 77.5 Å². The minimum absolute atomic E-state index is 0.175. The van der Waals surface area contributed by atoms with Gasteiger partial charge in [-0.15, -0.1) is 0 Å². The Labute approximate surface area is 117 Å².